The number of aromatic nitrogens is 4. The molecule has 1 aromatic carbocycles. The molecule has 0 amide bonds. The number of hydrogen-bond donors (Lipinski definition) is 1. The van der Waals surface area contributed by atoms with Gasteiger partial charge in [-0.2, -0.15) is 5.10 Å². The topological polar surface area (TPSA) is 66.8 Å². The highest BCUT2D eigenvalue weighted by molar-refractivity contribution is 5.73. The van der Waals surface area contributed by atoms with E-state index in [0.717, 1.165) is 31.6 Å². The van der Waals surface area contributed by atoms with Gasteiger partial charge in [0.1, 0.15) is 17.0 Å². The summed E-state index contributed by atoms with van der Waals surface area (Å²) < 4.78 is 15.8. The van der Waals surface area contributed by atoms with Crippen LogP contribution in [0.5, 0.6) is 0 Å². The lowest BCUT2D eigenvalue weighted by molar-refractivity contribution is 0.213. The minimum absolute atomic E-state index is 0.128. The Morgan fingerprint density at radius 3 is 3.00 bits per heavy atom. The number of benzene rings is 1. The Bertz CT molecular complexity index is 1050. The number of nitrogens with one attached hydrogen (secondary N) is 1. The first kappa shape index (κ1) is 17.5. The number of rotatable bonds is 4. The zero-order valence-corrected chi connectivity index (χ0v) is 15.3. The van der Waals surface area contributed by atoms with Crippen molar-refractivity contribution in [3.63, 3.8) is 0 Å². The van der Waals surface area contributed by atoms with Gasteiger partial charge >= 0.3 is 0 Å². The standard InChI is InChI=1S/C20H22FN5O/c1-13(2)25-9-5-7-15(12-25)26-19-16(11-22-26)20(27)24-18(23-19)10-14-6-3-4-8-17(14)21/h3-4,6,8,11,15H,1,5,7,9-10,12H2,2H3,(H,23,24,27). The van der Waals surface area contributed by atoms with Gasteiger partial charge in [0.2, 0.25) is 0 Å². The number of aromatic amines is 1. The quantitative estimate of drug-likeness (QED) is 0.770. The SMILES string of the molecule is C=C(C)N1CCCC(n2ncc3c(=O)[nH]c(Cc4ccccc4F)nc32)C1. The highest BCUT2D eigenvalue weighted by Crippen LogP contribution is 2.25. The van der Waals surface area contributed by atoms with Crippen LogP contribution in [0.1, 0.15) is 37.2 Å². The van der Waals surface area contributed by atoms with E-state index in [1.807, 2.05) is 11.6 Å². The minimum atomic E-state index is -0.307. The van der Waals surface area contributed by atoms with Gasteiger partial charge in [-0.1, -0.05) is 24.8 Å². The van der Waals surface area contributed by atoms with E-state index in [2.05, 4.69) is 26.5 Å². The summed E-state index contributed by atoms with van der Waals surface area (Å²) in [6.07, 6.45) is 3.79. The summed E-state index contributed by atoms with van der Waals surface area (Å²) in [6, 6.07) is 6.65. The molecule has 0 saturated carbocycles. The van der Waals surface area contributed by atoms with E-state index in [4.69, 9.17) is 0 Å². The summed E-state index contributed by atoms with van der Waals surface area (Å²) in [6.45, 7) is 7.81. The van der Waals surface area contributed by atoms with Crippen LogP contribution in [0.4, 0.5) is 4.39 Å². The predicted molar refractivity (Wildman–Crippen MR) is 102 cm³/mol. The molecule has 1 saturated heterocycles. The normalized spacial score (nSPS) is 17.4. The highest BCUT2D eigenvalue weighted by atomic mass is 19.1. The fourth-order valence-electron chi connectivity index (χ4n) is 3.66. The van der Waals surface area contributed by atoms with E-state index in [0.29, 0.717) is 22.4 Å². The van der Waals surface area contributed by atoms with Gasteiger partial charge in [0.15, 0.2) is 5.65 Å². The van der Waals surface area contributed by atoms with Gasteiger partial charge in [-0.3, -0.25) is 4.79 Å². The lowest BCUT2D eigenvalue weighted by Gasteiger charge is -2.34. The number of nitrogens with zero attached hydrogens (tertiary/aromatic N) is 4. The molecule has 3 aromatic rings. The largest absolute Gasteiger partial charge is 0.373 e. The molecule has 0 radical (unpaired) electrons. The maximum absolute atomic E-state index is 14.0. The first-order valence-corrected chi connectivity index (χ1v) is 9.13. The van der Waals surface area contributed by atoms with Gasteiger partial charge in [-0.15, -0.1) is 0 Å². The monoisotopic (exact) mass is 367 g/mol. The van der Waals surface area contributed by atoms with Crippen LogP contribution in [0, 0.1) is 5.82 Å². The molecule has 1 unspecified atom stereocenters. The molecule has 1 fully saturated rings. The Balaban J connectivity index is 1.71. The number of H-pyrrole nitrogens is 1. The molecule has 1 N–H and O–H groups in total. The molecular weight excluding hydrogens is 345 g/mol. The smallest absolute Gasteiger partial charge is 0.262 e. The van der Waals surface area contributed by atoms with E-state index >= 15 is 0 Å². The van der Waals surface area contributed by atoms with E-state index in [9.17, 15) is 9.18 Å². The van der Waals surface area contributed by atoms with Crippen molar-refractivity contribution in [1.82, 2.24) is 24.6 Å². The second-order valence-corrected chi connectivity index (χ2v) is 7.08. The molecule has 3 heterocycles. The van der Waals surface area contributed by atoms with Gasteiger partial charge in [0.05, 0.1) is 12.2 Å². The van der Waals surface area contributed by atoms with Gasteiger partial charge in [-0.25, -0.2) is 14.1 Å². The maximum atomic E-state index is 14.0. The second kappa shape index (κ2) is 6.98. The average molecular weight is 367 g/mol. The number of piperidine rings is 1. The van der Waals surface area contributed by atoms with Gasteiger partial charge in [0, 0.05) is 25.2 Å². The highest BCUT2D eigenvalue weighted by Gasteiger charge is 2.24. The van der Waals surface area contributed by atoms with E-state index in [-0.39, 0.29) is 23.8 Å². The number of halogens is 1. The summed E-state index contributed by atoms with van der Waals surface area (Å²) in [7, 11) is 0. The molecule has 0 aliphatic carbocycles. The van der Waals surface area contributed by atoms with Crippen molar-refractivity contribution in [3.05, 3.63) is 70.3 Å². The van der Waals surface area contributed by atoms with Gasteiger partial charge in [0.25, 0.3) is 5.56 Å². The van der Waals surface area contributed by atoms with Gasteiger partial charge in [-0.05, 0) is 31.4 Å². The molecule has 0 bridgehead atoms. The van der Waals surface area contributed by atoms with E-state index in [1.54, 1.807) is 24.4 Å². The summed E-state index contributed by atoms with van der Waals surface area (Å²) in [5.41, 5.74) is 1.84. The van der Waals surface area contributed by atoms with Crippen molar-refractivity contribution in [1.29, 1.82) is 0 Å². The second-order valence-electron chi connectivity index (χ2n) is 7.08. The third-order valence-electron chi connectivity index (χ3n) is 5.11. The van der Waals surface area contributed by atoms with Crippen LogP contribution in [0.3, 0.4) is 0 Å². The number of allylic oxidation sites excluding steroid dienone is 1. The van der Waals surface area contributed by atoms with Crippen molar-refractivity contribution in [2.75, 3.05) is 13.1 Å². The van der Waals surface area contributed by atoms with Crippen LogP contribution in [-0.2, 0) is 6.42 Å². The molecule has 27 heavy (non-hydrogen) atoms. The van der Waals surface area contributed by atoms with Crippen molar-refractivity contribution in [2.24, 2.45) is 0 Å². The summed E-state index contributed by atoms with van der Waals surface area (Å²) in [4.78, 5) is 22.1. The van der Waals surface area contributed by atoms with E-state index < -0.39 is 0 Å². The van der Waals surface area contributed by atoms with Crippen molar-refractivity contribution >= 4 is 11.0 Å². The van der Waals surface area contributed by atoms with Gasteiger partial charge < -0.3 is 9.88 Å². The zero-order valence-electron chi connectivity index (χ0n) is 15.3. The third kappa shape index (κ3) is 3.37. The van der Waals surface area contributed by atoms with Crippen LogP contribution in [0.25, 0.3) is 11.0 Å². The van der Waals surface area contributed by atoms with E-state index in [1.165, 1.54) is 6.07 Å². The molecule has 0 spiro atoms. The summed E-state index contributed by atoms with van der Waals surface area (Å²) >= 11 is 0. The Morgan fingerprint density at radius 1 is 1.41 bits per heavy atom. The average Bonchev–Trinajstić information content (AvgIpc) is 3.08. The minimum Gasteiger partial charge on any atom is -0.373 e. The first-order valence-electron chi connectivity index (χ1n) is 9.13. The Morgan fingerprint density at radius 2 is 2.22 bits per heavy atom. The van der Waals surface area contributed by atoms with Crippen LogP contribution in [0.15, 0.2) is 47.5 Å². The summed E-state index contributed by atoms with van der Waals surface area (Å²) in [5.74, 6) is 0.130. The van der Waals surface area contributed by atoms with Crippen LogP contribution in [0.2, 0.25) is 0 Å². The Labute approximate surface area is 156 Å². The molecule has 6 nitrogen and oxygen atoms in total. The zero-order chi connectivity index (χ0) is 19.0. The van der Waals surface area contributed by atoms with Crippen LogP contribution < -0.4 is 5.56 Å². The van der Waals surface area contributed by atoms with Crippen LogP contribution in [-0.4, -0.2) is 37.7 Å². The van der Waals surface area contributed by atoms with Crippen LogP contribution >= 0.6 is 0 Å². The fourth-order valence-corrected chi connectivity index (χ4v) is 3.66. The Hall–Kier alpha value is -2.96. The number of hydrogen-bond acceptors (Lipinski definition) is 4. The molecule has 2 aromatic heterocycles. The first-order chi connectivity index (χ1) is 13.0. The maximum Gasteiger partial charge on any atom is 0.262 e. The molecule has 1 aliphatic heterocycles. The number of fused-ring (bicyclic) bond motifs is 1. The lowest BCUT2D eigenvalue weighted by atomic mass is 10.1. The third-order valence-corrected chi connectivity index (χ3v) is 5.11. The molecule has 1 aliphatic rings. The fraction of sp³-hybridized carbons (Fsp3) is 0.350. The summed E-state index contributed by atoms with van der Waals surface area (Å²) in [5, 5.41) is 4.90. The number of likely N-dealkylation sites (tertiary alicyclic amines) is 1. The molecule has 4 rings (SSSR count). The molecule has 140 valence electrons. The molecular formula is C20H22FN5O. The van der Waals surface area contributed by atoms with Crippen molar-refractivity contribution in [2.45, 2.75) is 32.2 Å². The predicted octanol–water partition coefficient (Wildman–Crippen LogP) is 3.02. The molecule has 7 heteroatoms. The van der Waals surface area contributed by atoms with Crippen molar-refractivity contribution < 1.29 is 4.39 Å². The molecule has 1 atom stereocenters. The van der Waals surface area contributed by atoms with Crippen molar-refractivity contribution in [3.8, 4) is 0 Å². The Kier molecular flexibility index (Phi) is 4.51. The lowest BCUT2D eigenvalue weighted by Crippen LogP contribution is -2.35.